The standard InChI is InChI=1S/C20H19NO4/c1-3-24-19(22)17-15-12-8-9-13-16(15)21(14-10-6-5-7-11-14)18(17)20(23)25-4-2/h5-13H,3-4H2,1-2H3. The van der Waals surface area contributed by atoms with E-state index in [1.165, 1.54) is 0 Å². The molecule has 1 heterocycles. The zero-order chi connectivity index (χ0) is 17.8. The molecule has 2 aromatic carbocycles. The van der Waals surface area contributed by atoms with Gasteiger partial charge in [0, 0.05) is 11.1 Å². The summed E-state index contributed by atoms with van der Waals surface area (Å²) in [5.41, 5.74) is 1.95. The van der Waals surface area contributed by atoms with Crippen LogP contribution in [0.4, 0.5) is 0 Å². The van der Waals surface area contributed by atoms with Crippen LogP contribution in [0.5, 0.6) is 0 Å². The average molecular weight is 337 g/mol. The highest BCUT2D eigenvalue weighted by atomic mass is 16.5. The quantitative estimate of drug-likeness (QED) is 0.661. The number of carbonyl (C=O) groups excluding carboxylic acids is 2. The van der Waals surface area contributed by atoms with Gasteiger partial charge in [0.1, 0.15) is 11.3 Å². The third kappa shape index (κ3) is 3.01. The van der Waals surface area contributed by atoms with Crippen molar-refractivity contribution in [3.05, 3.63) is 65.9 Å². The fourth-order valence-electron chi connectivity index (χ4n) is 2.89. The minimum atomic E-state index is -0.550. The van der Waals surface area contributed by atoms with Crippen LogP contribution >= 0.6 is 0 Å². The van der Waals surface area contributed by atoms with E-state index in [0.29, 0.717) is 5.39 Å². The number of hydrogen-bond donors (Lipinski definition) is 0. The number of hydrogen-bond acceptors (Lipinski definition) is 4. The number of benzene rings is 2. The van der Waals surface area contributed by atoms with Crippen molar-refractivity contribution in [3.63, 3.8) is 0 Å². The normalized spacial score (nSPS) is 10.6. The van der Waals surface area contributed by atoms with Gasteiger partial charge in [-0.25, -0.2) is 9.59 Å². The molecule has 5 nitrogen and oxygen atoms in total. The van der Waals surface area contributed by atoms with Gasteiger partial charge in [0.05, 0.1) is 18.7 Å². The van der Waals surface area contributed by atoms with Crippen LogP contribution in [0.2, 0.25) is 0 Å². The van der Waals surface area contributed by atoms with E-state index >= 15 is 0 Å². The summed E-state index contributed by atoms with van der Waals surface area (Å²) < 4.78 is 12.2. The predicted octanol–water partition coefficient (Wildman–Crippen LogP) is 3.98. The lowest BCUT2D eigenvalue weighted by Crippen LogP contribution is -2.16. The first-order valence-corrected chi connectivity index (χ1v) is 8.22. The topological polar surface area (TPSA) is 57.5 Å². The molecule has 0 radical (unpaired) electrons. The minimum absolute atomic E-state index is 0.188. The lowest BCUT2D eigenvalue weighted by Gasteiger charge is -2.11. The lowest BCUT2D eigenvalue weighted by molar-refractivity contribution is 0.0474. The van der Waals surface area contributed by atoms with Crippen molar-refractivity contribution in [2.45, 2.75) is 13.8 Å². The Morgan fingerprint density at radius 2 is 1.44 bits per heavy atom. The first kappa shape index (κ1) is 16.8. The molecule has 5 heteroatoms. The van der Waals surface area contributed by atoms with Gasteiger partial charge in [-0.15, -0.1) is 0 Å². The number of para-hydroxylation sites is 2. The van der Waals surface area contributed by atoms with E-state index in [2.05, 4.69) is 0 Å². The molecule has 25 heavy (non-hydrogen) atoms. The first-order chi connectivity index (χ1) is 12.2. The highest BCUT2D eigenvalue weighted by Crippen LogP contribution is 2.31. The van der Waals surface area contributed by atoms with Crippen molar-refractivity contribution in [1.29, 1.82) is 0 Å². The summed E-state index contributed by atoms with van der Waals surface area (Å²) in [6.07, 6.45) is 0. The van der Waals surface area contributed by atoms with E-state index in [0.717, 1.165) is 11.2 Å². The molecule has 3 rings (SSSR count). The van der Waals surface area contributed by atoms with Gasteiger partial charge in [0.15, 0.2) is 0 Å². The fourth-order valence-corrected chi connectivity index (χ4v) is 2.89. The van der Waals surface area contributed by atoms with Crippen LogP contribution in [0.15, 0.2) is 54.6 Å². The number of esters is 2. The maximum atomic E-state index is 12.7. The Balaban J connectivity index is 2.38. The van der Waals surface area contributed by atoms with Gasteiger partial charge >= 0.3 is 11.9 Å². The molecule has 0 spiro atoms. The van der Waals surface area contributed by atoms with Gasteiger partial charge in [-0.2, -0.15) is 0 Å². The second-order valence-corrected chi connectivity index (χ2v) is 5.35. The van der Waals surface area contributed by atoms with Crippen molar-refractivity contribution in [2.75, 3.05) is 13.2 Å². The molecule has 0 aliphatic heterocycles. The highest BCUT2D eigenvalue weighted by molar-refractivity contribution is 6.13. The van der Waals surface area contributed by atoms with Crippen molar-refractivity contribution in [2.24, 2.45) is 0 Å². The maximum absolute atomic E-state index is 12.7. The third-order valence-electron chi connectivity index (χ3n) is 3.84. The third-order valence-corrected chi connectivity index (χ3v) is 3.84. The van der Waals surface area contributed by atoms with Crippen molar-refractivity contribution >= 4 is 22.8 Å². The van der Waals surface area contributed by atoms with Gasteiger partial charge < -0.3 is 14.0 Å². The zero-order valence-electron chi connectivity index (χ0n) is 14.2. The van der Waals surface area contributed by atoms with Crippen molar-refractivity contribution < 1.29 is 19.1 Å². The molecule has 0 aliphatic rings. The van der Waals surface area contributed by atoms with Crippen LogP contribution in [-0.4, -0.2) is 29.7 Å². The molecule has 128 valence electrons. The monoisotopic (exact) mass is 337 g/mol. The molecule has 0 atom stereocenters. The van der Waals surface area contributed by atoms with Crippen LogP contribution in [0.25, 0.3) is 16.6 Å². The van der Waals surface area contributed by atoms with E-state index in [9.17, 15) is 9.59 Å². The molecule has 1 aromatic heterocycles. The number of rotatable bonds is 5. The largest absolute Gasteiger partial charge is 0.462 e. The molecule has 0 fully saturated rings. The first-order valence-electron chi connectivity index (χ1n) is 8.22. The smallest absolute Gasteiger partial charge is 0.356 e. The Morgan fingerprint density at radius 1 is 0.840 bits per heavy atom. The Morgan fingerprint density at radius 3 is 2.12 bits per heavy atom. The summed E-state index contributed by atoms with van der Waals surface area (Å²) in [7, 11) is 0. The van der Waals surface area contributed by atoms with Gasteiger partial charge in [-0.1, -0.05) is 36.4 Å². The Labute approximate surface area is 145 Å². The van der Waals surface area contributed by atoms with Gasteiger partial charge in [0.2, 0.25) is 0 Å². The molecule has 0 N–H and O–H groups in total. The van der Waals surface area contributed by atoms with E-state index in [1.807, 2.05) is 54.6 Å². The Hall–Kier alpha value is -3.08. The summed E-state index contributed by atoms with van der Waals surface area (Å²) >= 11 is 0. The summed E-state index contributed by atoms with van der Waals surface area (Å²) in [6.45, 7) is 3.92. The number of carbonyl (C=O) groups is 2. The van der Waals surface area contributed by atoms with Gasteiger partial charge in [0.25, 0.3) is 0 Å². The second kappa shape index (κ2) is 7.21. The van der Waals surface area contributed by atoms with Crippen LogP contribution in [0.1, 0.15) is 34.7 Å². The van der Waals surface area contributed by atoms with Crippen molar-refractivity contribution in [1.82, 2.24) is 4.57 Å². The molecule has 0 amide bonds. The molecular formula is C20H19NO4. The zero-order valence-corrected chi connectivity index (χ0v) is 14.2. The lowest BCUT2D eigenvalue weighted by atomic mass is 10.1. The number of nitrogens with zero attached hydrogens (tertiary/aromatic N) is 1. The summed E-state index contributed by atoms with van der Waals surface area (Å²) in [6, 6.07) is 16.8. The average Bonchev–Trinajstić information content (AvgIpc) is 2.98. The fraction of sp³-hybridized carbons (Fsp3) is 0.200. The van der Waals surface area contributed by atoms with E-state index in [4.69, 9.17) is 9.47 Å². The number of ether oxygens (including phenoxy) is 2. The van der Waals surface area contributed by atoms with Gasteiger partial charge in [-0.3, -0.25) is 0 Å². The summed E-state index contributed by atoms with van der Waals surface area (Å²) in [4.78, 5) is 25.3. The molecule has 3 aromatic rings. The van der Waals surface area contributed by atoms with E-state index < -0.39 is 11.9 Å². The molecule has 0 bridgehead atoms. The van der Waals surface area contributed by atoms with Crippen LogP contribution in [0.3, 0.4) is 0 Å². The van der Waals surface area contributed by atoms with Gasteiger partial charge in [-0.05, 0) is 32.0 Å². The number of aromatic nitrogens is 1. The van der Waals surface area contributed by atoms with Crippen molar-refractivity contribution in [3.8, 4) is 5.69 Å². The maximum Gasteiger partial charge on any atom is 0.356 e. The molecule has 0 saturated heterocycles. The van der Waals surface area contributed by atoms with Crippen LogP contribution in [-0.2, 0) is 9.47 Å². The summed E-state index contributed by atoms with van der Waals surface area (Å²) in [5, 5.41) is 0.660. The number of fused-ring (bicyclic) bond motifs is 1. The van der Waals surface area contributed by atoms with E-state index in [-0.39, 0.29) is 24.5 Å². The summed E-state index contributed by atoms with van der Waals surface area (Å²) in [5.74, 6) is -1.08. The second-order valence-electron chi connectivity index (χ2n) is 5.35. The molecule has 0 aliphatic carbocycles. The molecule has 0 unspecified atom stereocenters. The molecule has 0 saturated carbocycles. The Kier molecular flexibility index (Phi) is 4.84. The predicted molar refractivity (Wildman–Crippen MR) is 95.2 cm³/mol. The van der Waals surface area contributed by atoms with Crippen LogP contribution in [0, 0.1) is 0 Å². The Bertz CT molecular complexity index is 912. The SMILES string of the molecule is CCOC(=O)c1c(C(=O)OCC)n(-c2ccccc2)c2ccccc12. The minimum Gasteiger partial charge on any atom is -0.462 e. The highest BCUT2D eigenvalue weighted by Gasteiger charge is 2.29. The van der Waals surface area contributed by atoms with E-state index in [1.54, 1.807) is 18.4 Å². The molecular weight excluding hydrogens is 318 g/mol. The van der Waals surface area contributed by atoms with Crippen LogP contribution < -0.4 is 0 Å².